The molecule has 0 saturated carbocycles. The fourth-order valence-corrected chi connectivity index (χ4v) is 3.50. The second kappa shape index (κ2) is 7.02. The number of aliphatic hydroxyl groups excluding tert-OH is 1. The van der Waals surface area contributed by atoms with Crippen molar-refractivity contribution in [1.29, 1.82) is 0 Å². The van der Waals surface area contributed by atoms with Crippen LogP contribution in [0.4, 0.5) is 4.39 Å². The van der Waals surface area contributed by atoms with E-state index in [4.69, 9.17) is 21.4 Å². The predicted octanol–water partition coefficient (Wildman–Crippen LogP) is 1.68. The minimum absolute atomic E-state index is 0.0445. The summed E-state index contributed by atoms with van der Waals surface area (Å²) in [5.41, 5.74) is 0.0445. The van der Waals surface area contributed by atoms with Gasteiger partial charge in [0.05, 0.1) is 16.5 Å². The lowest BCUT2D eigenvalue weighted by atomic mass is 10.0. The first-order chi connectivity index (χ1) is 9.94. The second-order valence-corrected chi connectivity index (χ2v) is 7.09. The number of benzene rings is 1. The summed E-state index contributed by atoms with van der Waals surface area (Å²) in [5, 5.41) is 8.82. The summed E-state index contributed by atoms with van der Waals surface area (Å²) in [6.07, 6.45) is 1.58. The average molecular weight is 338 g/mol. The smallest absolute Gasteiger partial charge is 0.240 e. The van der Waals surface area contributed by atoms with Crippen LogP contribution in [0, 0.1) is 11.7 Å². The van der Waals surface area contributed by atoms with Gasteiger partial charge in [-0.25, -0.2) is 17.5 Å². The molecule has 0 bridgehead atoms. The maximum atomic E-state index is 13.6. The summed E-state index contributed by atoms with van der Waals surface area (Å²) < 4.78 is 45.6. The normalized spacial score (nSPS) is 17.1. The van der Waals surface area contributed by atoms with Crippen molar-refractivity contribution in [2.75, 3.05) is 19.8 Å². The molecule has 118 valence electrons. The summed E-state index contributed by atoms with van der Waals surface area (Å²) in [6, 6.07) is 2.03. The molecule has 0 radical (unpaired) electrons. The molecule has 0 unspecified atom stereocenters. The number of nitrogens with one attached hydrogen (secondary N) is 1. The lowest BCUT2D eigenvalue weighted by molar-refractivity contribution is 0.0678. The summed E-state index contributed by atoms with van der Waals surface area (Å²) in [4.78, 5) is -0.236. The highest BCUT2D eigenvalue weighted by molar-refractivity contribution is 7.89. The molecule has 1 aromatic carbocycles. The molecule has 0 aromatic heterocycles. The Morgan fingerprint density at radius 1 is 1.38 bits per heavy atom. The fourth-order valence-electron chi connectivity index (χ4n) is 2.15. The third-order valence-corrected chi connectivity index (χ3v) is 5.29. The van der Waals surface area contributed by atoms with E-state index in [9.17, 15) is 12.8 Å². The standard InChI is InChI=1S/C13H17ClFNO4S/c14-13-10(8-17)5-11(6-12(13)15)21(18,19)16-7-9-1-3-20-4-2-9/h5-6,9,16-17H,1-4,7-8H2. The van der Waals surface area contributed by atoms with E-state index in [1.807, 2.05) is 0 Å². The van der Waals surface area contributed by atoms with Gasteiger partial charge in [0, 0.05) is 25.3 Å². The van der Waals surface area contributed by atoms with Crippen molar-refractivity contribution in [1.82, 2.24) is 4.72 Å². The predicted molar refractivity (Wildman–Crippen MR) is 76.1 cm³/mol. The molecule has 0 aliphatic carbocycles. The minimum Gasteiger partial charge on any atom is -0.392 e. The average Bonchev–Trinajstić information content (AvgIpc) is 2.49. The van der Waals surface area contributed by atoms with Gasteiger partial charge in [-0.3, -0.25) is 0 Å². The summed E-state index contributed by atoms with van der Waals surface area (Å²) in [5.74, 6) is -0.655. The van der Waals surface area contributed by atoms with Gasteiger partial charge in [-0.15, -0.1) is 0 Å². The highest BCUT2D eigenvalue weighted by atomic mass is 35.5. The van der Waals surface area contributed by atoms with E-state index < -0.39 is 22.4 Å². The van der Waals surface area contributed by atoms with Crippen LogP contribution in [-0.4, -0.2) is 33.3 Å². The molecular formula is C13H17ClFNO4S. The Balaban J connectivity index is 2.13. The molecule has 1 aliphatic heterocycles. The number of halogens is 2. The Labute approximate surface area is 128 Å². The molecular weight excluding hydrogens is 321 g/mol. The van der Waals surface area contributed by atoms with Crippen molar-refractivity contribution in [3.63, 3.8) is 0 Å². The van der Waals surface area contributed by atoms with Gasteiger partial charge >= 0.3 is 0 Å². The molecule has 2 rings (SSSR count). The van der Waals surface area contributed by atoms with Crippen molar-refractivity contribution in [3.8, 4) is 0 Å². The van der Waals surface area contributed by atoms with E-state index in [-0.39, 0.29) is 27.9 Å². The van der Waals surface area contributed by atoms with Crippen molar-refractivity contribution in [2.45, 2.75) is 24.3 Å². The first-order valence-electron chi connectivity index (χ1n) is 6.60. The van der Waals surface area contributed by atoms with E-state index >= 15 is 0 Å². The van der Waals surface area contributed by atoms with Crippen LogP contribution >= 0.6 is 11.6 Å². The number of sulfonamides is 1. The number of ether oxygens (including phenoxy) is 1. The van der Waals surface area contributed by atoms with Gasteiger partial charge in [0.2, 0.25) is 10.0 Å². The summed E-state index contributed by atoms with van der Waals surface area (Å²) in [6.45, 7) is 0.997. The third-order valence-electron chi connectivity index (χ3n) is 3.46. The summed E-state index contributed by atoms with van der Waals surface area (Å²) in [7, 11) is -3.83. The van der Waals surface area contributed by atoms with Crippen molar-refractivity contribution < 1.29 is 22.7 Å². The highest BCUT2D eigenvalue weighted by Crippen LogP contribution is 2.24. The number of rotatable bonds is 5. The Hall–Kier alpha value is -0.730. The number of aliphatic hydroxyl groups is 1. The monoisotopic (exact) mass is 337 g/mol. The lowest BCUT2D eigenvalue weighted by Crippen LogP contribution is -2.32. The van der Waals surface area contributed by atoms with Crippen LogP contribution in [0.5, 0.6) is 0 Å². The Bertz CT molecular complexity index is 602. The largest absolute Gasteiger partial charge is 0.392 e. The van der Waals surface area contributed by atoms with Crippen LogP contribution in [0.15, 0.2) is 17.0 Å². The molecule has 0 atom stereocenters. The molecule has 5 nitrogen and oxygen atoms in total. The zero-order valence-electron chi connectivity index (χ0n) is 11.3. The third kappa shape index (κ3) is 4.14. The number of hydrogen-bond acceptors (Lipinski definition) is 4. The number of hydrogen-bond donors (Lipinski definition) is 2. The second-order valence-electron chi connectivity index (χ2n) is 4.94. The van der Waals surface area contributed by atoms with Crippen LogP contribution in [0.1, 0.15) is 18.4 Å². The quantitative estimate of drug-likeness (QED) is 0.857. The Kier molecular flexibility index (Phi) is 5.56. The highest BCUT2D eigenvalue weighted by Gasteiger charge is 2.21. The molecule has 2 N–H and O–H groups in total. The zero-order valence-corrected chi connectivity index (χ0v) is 12.9. The van der Waals surface area contributed by atoms with E-state index in [2.05, 4.69) is 4.72 Å². The molecule has 1 fully saturated rings. The SMILES string of the molecule is O=S(=O)(NCC1CCOCC1)c1cc(F)c(Cl)c(CO)c1. The van der Waals surface area contributed by atoms with E-state index in [0.717, 1.165) is 18.9 Å². The molecule has 1 aliphatic rings. The Morgan fingerprint density at radius 3 is 2.67 bits per heavy atom. The molecule has 1 heterocycles. The maximum absolute atomic E-state index is 13.6. The fraction of sp³-hybridized carbons (Fsp3) is 0.538. The molecule has 8 heteroatoms. The van der Waals surface area contributed by atoms with Crippen molar-refractivity contribution >= 4 is 21.6 Å². The molecule has 1 saturated heterocycles. The maximum Gasteiger partial charge on any atom is 0.240 e. The van der Waals surface area contributed by atoms with Gasteiger partial charge in [-0.1, -0.05) is 11.6 Å². The van der Waals surface area contributed by atoms with Crippen LogP contribution in [0.25, 0.3) is 0 Å². The topological polar surface area (TPSA) is 75.6 Å². The summed E-state index contributed by atoms with van der Waals surface area (Å²) >= 11 is 5.65. The van der Waals surface area contributed by atoms with Gasteiger partial charge in [-0.2, -0.15) is 0 Å². The van der Waals surface area contributed by atoms with Crippen LogP contribution < -0.4 is 4.72 Å². The van der Waals surface area contributed by atoms with Crippen LogP contribution in [0.3, 0.4) is 0 Å². The van der Waals surface area contributed by atoms with Crippen LogP contribution in [0.2, 0.25) is 5.02 Å². The van der Waals surface area contributed by atoms with E-state index in [0.29, 0.717) is 13.2 Å². The van der Waals surface area contributed by atoms with Gasteiger partial charge in [-0.05, 0) is 30.9 Å². The van der Waals surface area contributed by atoms with Gasteiger partial charge in [0.15, 0.2) is 0 Å². The van der Waals surface area contributed by atoms with Gasteiger partial charge < -0.3 is 9.84 Å². The first-order valence-corrected chi connectivity index (χ1v) is 8.46. The Morgan fingerprint density at radius 2 is 2.05 bits per heavy atom. The molecule has 0 amide bonds. The van der Waals surface area contributed by atoms with Crippen LogP contribution in [-0.2, 0) is 21.4 Å². The first kappa shape index (κ1) is 16.6. The molecule has 0 spiro atoms. The molecule has 21 heavy (non-hydrogen) atoms. The lowest BCUT2D eigenvalue weighted by Gasteiger charge is -2.22. The van der Waals surface area contributed by atoms with E-state index in [1.165, 1.54) is 6.07 Å². The van der Waals surface area contributed by atoms with Crippen molar-refractivity contribution in [3.05, 3.63) is 28.5 Å². The van der Waals surface area contributed by atoms with Gasteiger partial charge in [0.25, 0.3) is 0 Å². The zero-order chi connectivity index (χ0) is 15.5. The minimum atomic E-state index is -3.83. The van der Waals surface area contributed by atoms with E-state index in [1.54, 1.807) is 0 Å². The van der Waals surface area contributed by atoms with Gasteiger partial charge in [0.1, 0.15) is 5.82 Å². The van der Waals surface area contributed by atoms with Crippen molar-refractivity contribution in [2.24, 2.45) is 5.92 Å². The molecule has 1 aromatic rings.